The van der Waals surface area contributed by atoms with E-state index in [1.54, 1.807) is 29.2 Å². The fourth-order valence-corrected chi connectivity index (χ4v) is 6.66. The van der Waals surface area contributed by atoms with Crippen molar-refractivity contribution in [2.75, 3.05) is 5.75 Å². The second kappa shape index (κ2) is 4.40. The van der Waals surface area contributed by atoms with Crippen LogP contribution >= 0.6 is 23.1 Å². The van der Waals surface area contributed by atoms with Gasteiger partial charge in [0.15, 0.2) is 9.84 Å². The quantitative estimate of drug-likeness (QED) is 0.848. The molecule has 3 rings (SSSR count). The van der Waals surface area contributed by atoms with E-state index in [-0.39, 0.29) is 11.0 Å². The van der Waals surface area contributed by atoms with Crippen LogP contribution in [0.5, 0.6) is 0 Å². The van der Waals surface area contributed by atoms with Crippen molar-refractivity contribution in [1.82, 2.24) is 0 Å². The Kier molecular flexibility index (Phi) is 3.00. The molecule has 0 bridgehead atoms. The van der Waals surface area contributed by atoms with Crippen LogP contribution in [-0.4, -0.2) is 14.2 Å². The summed E-state index contributed by atoms with van der Waals surface area (Å²) in [4.78, 5) is 0.525. The molecular weight excluding hydrogens is 284 g/mol. The van der Waals surface area contributed by atoms with Gasteiger partial charge >= 0.3 is 0 Å². The van der Waals surface area contributed by atoms with E-state index in [2.05, 4.69) is 0 Å². The summed E-state index contributed by atoms with van der Waals surface area (Å²) in [7, 11) is -3.10. The van der Waals surface area contributed by atoms with Crippen LogP contribution in [0.4, 0.5) is 0 Å². The molecule has 0 amide bonds. The highest BCUT2D eigenvalue weighted by Gasteiger charge is 2.35. The van der Waals surface area contributed by atoms with Crippen molar-refractivity contribution < 1.29 is 8.42 Å². The first kappa shape index (κ1) is 12.3. The maximum absolute atomic E-state index is 12.1. The number of hydrogen-bond donors (Lipinski definition) is 0. The molecule has 0 spiro atoms. The van der Waals surface area contributed by atoms with Gasteiger partial charge in [0.05, 0.1) is 20.1 Å². The van der Waals surface area contributed by atoms with Gasteiger partial charge in [-0.2, -0.15) is 0 Å². The molecule has 1 aromatic heterocycles. The zero-order valence-corrected chi connectivity index (χ0v) is 12.2. The van der Waals surface area contributed by atoms with Gasteiger partial charge in [-0.1, -0.05) is 18.2 Å². The van der Waals surface area contributed by atoms with E-state index in [0.29, 0.717) is 4.90 Å². The molecule has 1 aromatic carbocycles. The first-order valence-electron chi connectivity index (χ1n) is 5.60. The number of rotatable bonds is 2. The molecule has 1 atom stereocenters. The molecule has 0 fully saturated rings. The van der Waals surface area contributed by atoms with Crippen LogP contribution in [0.3, 0.4) is 0 Å². The smallest absolute Gasteiger partial charge is 0.180 e. The molecule has 5 heteroatoms. The van der Waals surface area contributed by atoms with Gasteiger partial charge in [-0.15, -0.1) is 23.1 Å². The van der Waals surface area contributed by atoms with Crippen LogP contribution < -0.4 is 0 Å². The van der Waals surface area contributed by atoms with Crippen molar-refractivity contribution in [3.63, 3.8) is 0 Å². The fraction of sp³-hybridized carbons (Fsp3) is 0.231. The predicted octanol–water partition coefficient (Wildman–Crippen LogP) is 3.68. The molecule has 0 saturated heterocycles. The zero-order valence-electron chi connectivity index (χ0n) is 9.79. The van der Waals surface area contributed by atoms with Gasteiger partial charge in [0, 0.05) is 0 Å². The molecule has 0 radical (unpaired) electrons. The Bertz CT molecular complexity index is 672. The van der Waals surface area contributed by atoms with E-state index in [1.165, 1.54) is 4.21 Å². The van der Waals surface area contributed by atoms with E-state index in [1.807, 2.05) is 36.6 Å². The van der Waals surface area contributed by atoms with Gasteiger partial charge in [-0.25, -0.2) is 8.42 Å². The third-order valence-electron chi connectivity index (χ3n) is 2.98. The standard InChI is InChI=1S/C13H12O2S3/c1-9-4-5-10-11(17-13-3-2-6-16-13)8-18(14,15)12(10)7-9/h2-7,11H,8H2,1H3. The Labute approximate surface area is 115 Å². The van der Waals surface area contributed by atoms with Gasteiger partial charge in [-0.05, 0) is 35.6 Å². The molecule has 18 heavy (non-hydrogen) atoms. The van der Waals surface area contributed by atoms with Crippen molar-refractivity contribution in [3.8, 4) is 0 Å². The second-order valence-corrected chi connectivity index (χ2v) is 8.81. The lowest BCUT2D eigenvalue weighted by molar-refractivity contribution is 0.600. The van der Waals surface area contributed by atoms with Crippen LogP contribution in [0, 0.1) is 6.92 Å². The van der Waals surface area contributed by atoms with Crippen LogP contribution in [0.2, 0.25) is 0 Å². The summed E-state index contributed by atoms with van der Waals surface area (Å²) in [6.45, 7) is 1.93. The van der Waals surface area contributed by atoms with Gasteiger partial charge in [0.25, 0.3) is 0 Å². The highest BCUT2D eigenvalue weighted by molar-refractivity contribution is 8.03. The molecule has 0 saturated carbocycles. The highest BCUT2D eigenvalue weighted by Crippen LogP contribution is 2.46. The fourth-order valence-electron chi connectivity index (χ4n) is 2.12. The van der Waals surface area contributed by atoms with Crippen molar-refractivity contribution in [3.05, 3.63) is 46.8 Å². The van der Waals surface area contributed by atoms with E-state index in [4.69, 9.17) is 0 Å². The lowest BCUT2D eigenvalue weighted by atomic mass is 10.1. The minimum Gasteiger partial charge on any atom is -0.224 e. The first-order chi connectivity index (χ1) is 8.56. The molecule has 2 nitrogen and oxygen atoms in total. The number of hydrogen-bond acceptors (Lipinski definition) is 4. The summed E-state index contributed by atoms with van der Waals surface area (Å²) in [5.41, 5.74) is 1.96. The predicted molar refractivity (Wildman–Crippen MR) is 76.1 cm³/mol. The average molecular weight is 296 g/mol. The highest BCUT2D eigenvalue weighted by atomic mass is 32.2. The molecule has 94 valence electrons. The summed E-state index contributed by atoms with van der Waals surface area (Å²) in [5, 5.41) is 2.05. The topological polar surface area (TPSA) is 34.1 Å². The summed E-state index contributed by atoms with van der Waals surface area (Å²) in [5.74, 6) is 0.217. The van der Waals surface area contributed by atoms with E-state index in [0.717, 1.165) is 11.1 Å². The third-order valence-corrected chi connectivity index (χ3v) is 7.29. The Morgan fingerprint density at radius 1 is 1.33 bits per heavy atom. The molecule has 1 unspecified atom stereocenters. The largest absolute Gasteiger partial charge is 0.224 e. The lowest BCUT2D eigenvalue weighted by Crippen LogP contribution is -2.00. The van der Waals surface area contributed by atoms with Gasteiger partial charge < -0.3 is 0 Å². The third kappa shape index (κ3) is 2.11. The van der Waals surface area contributed by atoms with Crippen LogP contribution in [0.1, 0.15) is 16.4 Å². The molecular formula is C13H12O2S3. The zero-order chi connectivity index (χ0) is 12.8. The SMILES string of the molecule is Cc1ccc2c(c1)S(=O)(=O)CC2Sc1cccs1. The van der Waals surface area contributed by atoms with E-state index >= 15 is 0 Å². The van der Waals surface area contributed by atoms with Gasteiger partial charge in [0.1, 0.15) is 0 Å². The first-order valence-corrected chi connectivity index (χ1v) is 9.01. The normalized spacial score (nSPS) is 20.8. The number of thiophene rings is 1. The number of sulfone groups is 1. The Morgan fingerprint density at radius 3 is 2.89 bits per heavy atom. The molecule has 2 heterocycles. The van der Waals surface area contributed by atoms with Crippen molar-refractivity contribution in [2.45, 2.75) is 21.3 Å². The number of fused-ring (bicyclic) bond motifs is 1. The van der Waals surface area contributed by atoms with E-state index in [9.17, 15) is 8.42 Å². The maximum Gasteiger partial charge on any atom is 0.180 e. The average Bonchev–Trinajstić information content (AvgIpc) is 2.88. The van der Waals surface area contributed by atoms with Crippen molar-refractivity contribution >= 4 is 32.9 Å². The van der Waals surface area contributed by atoms with Gasteiger partial charge in [-0.3, -0.25) is 0 Å². The number of thioether (sulfide) groups is 1. The van der Waals surface area contributed by atoms with E-state index < -0.39 is 9.84 Å². The number of aryl methyl sites for hydroxylation is 1. The Hall–Kier alpha value is -0.780. The summed E-state index contributed by atoms with van der Waals surface area (Å²) < 4.78 is 25.4. The molecule has 0 aliphatic carbocycles. The van der Waals surface area contributed by atoms with Crippen LogP contribution in [0.15, 0.2) is 44.8 Å². The summed E-state index contributed by atoms with van der Waals surface area (Å²) in [6, 6.07) is 9.77. The lowest BCUT2D eigenvalue weighted by Gasteiger charge is -2.07. The second-order valence-electron chi connectivity index (χ2n) is 4.36. The monoisotopic (exact) mass is 296 g/mol. The molecule has 1 aliphatic heterocycles. The van der Waals surface area contributed by atoms with Crippen molar-refractivity contribution in [2.24, 2.45) is 0 Å². The van der Waals surface area contributed by atoms with Crippen LogP contribution in [-0.2, 0) is 9.84 Å². The minimum atomic E-state index is -3.10. The van der Waals surface area contributed by atoms with Gasteiger partial charge in [0.2, 0.25) is 0 Å². The maximum atomic E-state index is 12.1. The molecule has 2 aromatic rings. The van der Waals surface area contributed by atoms with Crippen LogP contribution in [0.25, 0.3) is 0 Å². The Balaban J connectivity index is 2.02. The molecule has 0 N–H and O–H groups in total. The summed E-state index contributed by atoms with van der Waals surface area (Å²) in [6.07, 6.45) is 0. The number of benzene rings is 1. The van der Waals surface area contributed by atoms with Crippen molar-refractivity contribution in [1.29, 1.82) is 0 Å². The minimum absolute atomic E-state index is 0.0317. The molecule has 1 aliphatic rings. The summed E-state index contributed by atoms with van der Waals surface area (Å²) >= 11 is 3.30. The Morgan fingerprint density at radius 2 is 2.17 bits per heavy atom.